The quantitative estimate of drug-likeness (QED) is 0.411. The first-order valence-electron chi connectivity index (χ1n) is 13.9. The van der Waals surface area contributed by atoms with Crippen LogP contribution in [0, 0.1) is 12.8 Å². The van der Waals surface area contributed by atoms with E-state index < -0.39 is 0 Å². The summed E-state index contributed by atoms with van der Waals surface area (Å²) in [4.78, 5) is 30.5. The van der Waals surface area contributed by atoms with Crippen LogP contribution in [0.15, 0.2) is 54.6 Å². The van der Waals surface area contributed by atoms with Crippen LogP contribution in [0.4, 0.5) is 11.4 Å². The van der Waals surface area contributed by atoms with Gasteiger partial charge in [0.1, 0.15) is 0 Å². The van der Waals surface area contributed by atoms with Crippen molar-refractivity contribution in [2.45, 2.75) is 85.9 Å². The number of amides is 2. The number of fused-ring (bicyclic) bond motifs is 2. The average molecular weight is 514 g/mol. The van der Waals surface area contributed by atoms with Crippen LogP contribution in [-0.2, 0) is 21.5 Å². The predicted molar refractivity (Wildman–Crippen MR) is 159 cm³/mol. The number of aryl methyl sites for hydroxylation is 1. The maximum Gasteiger partial charge on any atom is 0.224 e. The van der Waals surface area contributed by atoms with E-state index in [1.165, 1.54) is 27.5 Å². The Balaban J connectivity index is 1.88. The Labute approximate surface area is 228 Å². The Hall–Kier alpha value is -3.34. The molecule has 0 fully saturated rings. The summed E-state index contributed by atoms with van der Waals surface area (Å²) in [5, 5.41) is 5.77. The molecule has 4 rings (SSSR count). The molecule has 0 spiro atoms. The van der Waals surface area contributed by atoms with Crippen LogP contribution in [0.25, 0.3) is 10.8 Å². The SMILES string of the molecule is CC[C@@H](C)C(=O)NC1CN(Cc2c(C)ccc3ccccc23)c2ccc(C(C)(C)C)cc2N(C(C)=O)[C@H]1C. The van der Waals surface area contributed by atoms with Crippen molar-refractivity contribution in [1.82, 2.24) is 5.32 Å². The summed E-state index contributed by atoms with van der Waals surface area (Å²) in [6.07, 6.45) is 0.775. The van der Waals surface area contributed by atoms with Crippen LogP contribution in [0.2, 0.25) is 0 Å². The first-order chi connectivity index (χ1) is 17.9. The standard InChI is InChI=1S/C33H43N3O2/c1-9-21(2)32(38)34-29-20-35(19-28-22(3)14-15-25-12-10-11-13-27(25)28)30-17-16-26(33(6,7)8)18-31(30)36(23(29)4)24(5)37/h10-18,21,23,29H,9,19-20H2,1-8H3,(H,34,38)/t21-,23+,29?/m1/s1. The minimum absolute atomic E-state index is 0.0178. The molecular formula is C33H43N3O2. The van der Waals surface area contributed by atoms with Gasteiger partial charge in [-0.05, 0) is 65.3 Å². The van der Waals surface area contributed by atoms with Crippen molar-refractivity contribution in [2.24, 2.45) is 5.92 Å². The van der Waals surface area contributed by atoms with Crippen LogP contribution in [0.3, 0.4) is 0 Å². The van der Waals surface area contributed by atoms with Gasteiger partial charge in [0.15, 0.2) is 0 Å². The highest BCUT2D eigenvalue weighted by Crippen LogP contribution is 2.40. The Bertz CT molecular complexity index is 1340. The minimum atomic E-state index is -0.221. The van der Waals surface area contributed by atoms with Gasteiger partial charge in [-0.2, -0.15) is 0 Å². The van der Waals surface area contributed by atoms with Crippen molar-refractivity contribution in [2.75, 3.05) is 16.3 Å². The van der Waals surface area contributed by atoms with E-state index in [1.807, 2.05) is 18.7 Å². The molecule has 0 saturated carbocycles. The van der Waals surface area contributed by atoms with Crippen LogP contribution >= 0.6 is 0 Å². The molecule has 1 N–H and O–H groups in total. The summed E-state index contributed by atoms with van der Waals surface area (Å²) in [6, 6.07) is 19.0. The minimum Gasteiger partial charge on any atom is -0.363 e. The Morgan fingerprint density at radius 3 is 2.42 bits per heavy atom. The summed E-state index contributed by atoms with van der Waals surface area (Å²) in [7, 11) is 0. The van der Waals surface area contributed by atoms with E-state index in [4.69, 9.17) is 0 Å². The third-order valence-electron chi connectivity index (χ3n) is 8.20. The van der Waals surface area contributed by atoms with Gasteiger partial charge in [0, 0.05) is 25.9 Å². The molecular weight excluding hydrogens is 470 g/mol. The van der Waals surface area contributed by atoms with Crippen LogP contribution in [-0.4, -0.2) is 30.4 Å². The Morgan fingerprint density at radius 2 is 1.76 bits per heavy atom. The van der Waals surface area contributed by atoms with Crippen molar-refractivity contribution in [1.29, 1.82) is 0 Å². The van der Waals surface area contributed by atoms with Gasteiger partial charge >= 0.3 is 0 Å². The Morgan fingerprint density at radius 1 is 1.05 bits per heavy atom. The van der Waals surface area contributed by atoms with E-state index in [-0.39, 0.29) is 35.2 Å². The van der Waals surface area contributed by atoms with Gasteiger partial charge < -0.3 is 15.1 Å². The number of hydrogen-bond acceptors (Lipinski definition) is 3. The number of benzene rings is 3. The molecule has 1 heterocycles. The first-order valence-corrected chi connectivity index (χ1v) is 13.9. The smallest absolute Gasteiger partial charge is 0.224 e. The molecule has 202 valence electrons. The predicted octanol–water partition coefficient (Wildman–Crippen LogP) is 6.74. The normalized spacial score (nSPS) is 18.6. The maximum atomic E-state index is 13.2. The molecule has 0 bridgehead atoms. The first kappa shape index (κ1) is 27.7. The zero-order chi connectivity index (χ0) is 27.8. The van der Waals surface area contributed by atoms with Crippen molar-refractivity contribution in [3.63, 3.8) is 0 Å². The van der Waals surface area contributed by atoms with Gasteiger partial charge in [0.2, 0.25) is 11.8 Å². The highest BCUT2D eigenvalue weighted by molar-refractivity contribution is 5.97. The van der Waals surface area contributed by atoms with E-state index in [1.54, 1.807) is 6.92 Å². The van der Waals surface area contributed by atoms with Gasteiger partial charge in [0.05, 0.1) is 23.5 Å². The largest absolute Gasteiger partial charge is 0.363 e. The lowest BCUT2D eigenvalue weighted by Crippen LogP contribution is -2.55. The lowest BCUT2D eigenvalue weighted by Gasteiger charge is -2.33. The lowest BCUT2D eigenvalue weighted by molar-refractivity contribution is -0.125. The van der Waals surface area contributed by atoms with Crippen LogP contribution in [0.5, 0.6) is 0 Å². The number of hydrogen-bond donors (Lipinski definition) is 1. The molecule has 38 heavy (non-hydrogen) atoms. The van der Waals surface area contributed by atoms with E-state index >= 15 is 0 Å². The third kappa shape index (κ3) is 5.43. The number of carbonyl (C=O) groups excluding carboxylic acids is 2. The fourth-order valence-corrected chi connectivity index (χ4v) is 5.47. The molecule has 5 heteroatoms. The molecule has 0 aliphatic carbocycles. The molecule has 3 aromatic rings. The second kappa shape index (κ2) is 10.8. The highest BCUT2D eigenvalue weighted by Gasteiger charge is 2.36. The van der Waals surface area contributed by atoms with Crippen molar-refractivity contribution < 1.29 is 9.59 Å². The van der Waals surface area contributed by atoms with Gasteiger partial charge in [-0.15, -0.1) is 0 Å². The number of anilines is 2. The zero-order valence-electron chi connectivity index (χ0n) is 24.3. The van der Waals surface area contributed by atoms with Crippen LogP contribution < -0.4 is 15.1 Å². The van der Waals surface area contributed by atoms with Crippen molar-refractivity contribution >= 4 is 34.0 Å². The summed E-state index contributed by atoms with van der Waals surface area (Å²) < 4.78 is 0. The van der Waals surface area contributed by atoms with E-state index in [2.05, 4.69) is 99.4 Å². The fraction of sp³-hybridized carbons (Fsp3) is 0.455. The highest BCUT2D eigenvalue weighted by atomic mass is 16.2. The second-order valence-electron chi connectivity index (χ2n) is 12.0. The third-order valence-corrected chi connectivity index (χ3v) is 8.20. The van der Waals surface area contributed by atoms with E-state index in [0.29, 0.717) is 13.1 Å². The average Bonchev–Trinajstić information content (AvgIpc) is 2.98. The maximum absolute atomic E-state index is 13.2. The molecule has 1 aliphatic heterocycles. The number of nitrogens with zero attached hydrogens (tertiary/aromatic N) is 2. The topological polar surface area (TPSA) is 52.7 Å². The molecule has 0 saturated heterocycles. The zero-order valence-corrected chi connectivity index (χ0v) is 24.3. The number of rotatable bonds is 5. The molecule has 0 radical (unpaired) electrons. The van der Waals surface area contributed by atoms with Crippen LogP contribution in [0.1, 0.15) is 71.6 Å². The van der Waals surface area contributed by atoms with Gasteiger partial charge in [-0.25, -0.2) is 0 Å². The Kier molecular flexibility index (Phi) is 7.87. The number of carbonyl (C=O) groups is 2. The van der Waals surface area contributed by atoms with Gasteiger partial charge in [-0.1, -0.05) is 77.1 Å². The van der Waals surface area contributed by atoms with Gasteiger partial charge in [0.25, 0.3) is 0 Å². The molecule has 3 aromatic carbocycles. The van der Waals surface area contributed by atoms with Crippen molar-refractivity contribution in [3.05, 3.63) is 71.3 Å². The summed E-state index contributed by atoms with van der Waals surface area (Å²) in [6.45, 7) is 17.7. The van der Waals surface area contributed by atoms with Gasteiger partial charge in [-0.3, -0.25) is 9.59 Å². The molecule has 3 atom stereocenters. The van der Waals surface area contributed by atoms with E-state index in [9.17, 15) is 9.59 Å². The van der Waals surface area contributed by atoms with E-state index in [0.717, 1.165) is 17.8 Å². The monoisotopic (exact) mass is 513 g/mol. The molecule has 2 amide bonds. The summed E-state index contributed by atoms with van der Waals surface area (Å²) in [5.74, 6) is -0.0638. The summed E-state index contributed by atoms with van der Waals surface area (Å²) >= 11 is 0. The molecule has 5 nitrogen and oxygen atoms in total. The van der Waals surface area contributed by atoms with Crippen molar-refractivity contribution in [3.8, 4) is 0 Å². The second-order valence-corrected chi connectivity index (χ2v) is 12.0. The molecule has 1 unspecified atom stereocenters. The number of nitrogens with one attached hydrogen (secondary N) is 1. The summed E-state index contributed by atoms with van der Waals surface area (Å²) in [5.41, 5.74) is 5.55. The molecule has 1 aliphatic rings. The lowest BCUT2D eigenvalue weighted by atomic mass is 9.86. The fourth-order valence-electron chi connectivity index (χ4n) is 5.47. The molecule has 0 aromatic heterocycles.